The van der Waals surface area contributed by atoms with Crippen LogP contribution in [0.25, 0.3) is 0 Å². The lowest BCUT2D eigenvalue weighted by Crippen LogP contribution is -2.31. The van der Waals surface area contributed by atoms with Gasteiger partial charge in [0.1, 0.15) is 5.75 Å². The highest BCUT2D eigenvalue weighted by Gasteiger charge is 2.47. The largest absolute Gasteiger partial charge is 0.494 e. The maximum Gasteiger partial charge on any atom is 0.303 e. The molecule has 5 heteroatoms. The molecule has 1 amide bonds. The van der Waals surface area contributed by atoms with Gasteiger partial charge in [-0.2, -0.15) is 0 Å². The first-order valence-electron chi connectivity index (χ1n) is 7.77. The fourth-order valence-corrected chi connectivity index (χ4v) is 2.38. The van der Waals surface area contributed by atoms with Gasteiger partial charge in [0.25, 0.3) is 0 Å². The maximum atomic E-state index is 12.0. The van der Waals surface area contributed by atoms with E-state index >= 15 is 0 Å². The Morgan fingerprint density at radius 1 is 1.27 bits per heavy atom. The van der Waals surface area contributed by atoms with Gasteiger partial charge in [0.05, 0.1) is 6.61 Å². The van der Waals surface area contributed by atoms with Crippen molar-refractivity contribution < 1.29 is 19.4 Å². The van der Waals surface area contributed by atoms with Gasteiger partial charge in [0, 0.05) is 18.4 Å². The van der Waals surface area contributed by atoms with E-state index in [0.717, 1.165) is 24.8 Å². The van der Waals surface area contributed by atoms with Gasteiger partial charge in [-0.3, -0.25) is 9.59 Å². The number of carbonyl (C=O) groups excluding carboxylic acids is 1. The quantitative estimate of drug-likeness (QED) is 0.688. The number of rotatable bonds is 9. The van der Waals surface area contributed by atoms with E-state index in [1.165, 1.54) is 0 Å². The summed E-state index contributed by atoms with van der Waals surface area (Å²) in [7, 11) is 0. The maximum absolute atomic E-state index is 12.0. The van der Waals surface area contributed by atoms with E-state index in [4.69, 9.17) is 9.84 Å². The van der Waals surface area contributed by atoms with Crippen LogP contribution >= 0.6 is 0 Å². The average Bonchev–Trinajstić information content (AvgIpc) is 3.31. The first kappa shape index (κ1) is 16.3. The van der Waals surface area contributed by atoms with Crippen LogP contribution in [0.5, 0.6) is 5.75 Å². The standard InChI is InChI=1S/C17H23NO4/c1-2-17(9-10-17)16(21)18-12-13-5-7-14(8-6-13)22-11-3-4-15(19)20/h5-8H,2-4,9-12H2,1H3,(H,18,21)(H,19,20). The summed E-state index contributed by atoms with van der Waals surface area (Å²) < 4.78 is 5.47. The number of hydrogen-bond donors (Lipinski definition) is 2. The molecule has 1 fully saturated rings. The van der Waals surface area contributed by atoms with Crippen molar-refractivity contribution in [2.45, 2.75) is 45.6 Å². The van der Waals surface area contributed by atoms with Crippen molar-refractivity contribution in [1.82, 2.24) is 5.32 Å². The summed E-state index contributed by atoms with van der Waals surface area (Å²) in [5, 5.41) is 11.5. The second kappa shape index (κ2) is 7.29. The Balaban J connectivity index is 1.72. The third-order valence-corrected chi connectivity index (χ3v) is 4.19. The second-order valence-corrected chi connectivity index (χ2v) is 5.81. The number of aliphatic carboxylic acids is 1. The van der Waals surface area contributed by atoms with Crippen molar-refractivity contribution >= 4 is 11.9 Å². The molecule has 1 aromatic rings. The fourth-order valence-electron chi connectivity index (χ4n) is 2.38. The van der Waals surface area contributed by atoms with Crippen molar-refractivity contribution in [2.75, 3.05) is 6.61 Å². The molecule has 22 heavy (non-hydrogen) atoms. The minimum atomic E-state index is -0.810. The van der Waals surface area contributed by atoms with E-state index in [0.29, 0.717) is 25.3 Å². The second-order valence-electron chi connectivity index (χ2n) is 5.81. The summed E-state index contributed by atoms with van der Waals surface area (Å²) in [4.78, 5) is 22.4. The molecule has 2 N–H and O–H groups in total. The fraction of sp³-hybridized carbons (Fsp3) is 0.529. The molecule has 1 saturated carbocycles. The minimum absolute atomic E-state index is 0.104. The molecule has 1 aromatic carbocycles. The zero-order valence-corrected chi connectivity index (χ0v) is 12.9. The van der Waals surface area contributed by atoms with Crippen molar-refractivity contribution in [3.63, 3.8) is 0 Å². The molecule has 0 spiro atoms. The van der Waals surface area contributed by atoms with E-state index in [1.807, 2.05) is 24.3 Å². The molecule has 0 aromatic heterocycles. The van der Waals surface area contributed by atoms with Crippen LogP contribution in [0.15, 0.2) is 24.3 Å². The minimum Gasteiger partial charge on any atom is -0.494 e. The average molecular weight is 305 g/mol. The van der Waals surface area contributed by atoms with Crippen LogP contribution < -0.4 is 10.1 Å². The lowest BCUT2D eigenvalue weighted by molar-refractivity contribution is -0.137. The van der Waals surface area contributed by atoms with Crippen LogP contribution in [0, 0.1) is 5.41 Å². The zero-order chi connectivity index (χ0) is 16.0. The van der Waals surface area contributed by atoms with Crippen molar-refractivity contribution in [3.05, 3.63) is 29.8 Å². The number of carbonyl (C=O) groups is 2. The molecule has 0 aliphatic heterocycles. The Morgan fingerprint density at radius 2 is 1.95 bits per heavy atom. The highest BCUT2D eigenvalue weighted by Crippen LogP contribution is 2.48. The highest BCUT2D eigenvalue weighted by molar-refractivity contribution is 5.85. The Morgan fingerprint density at radius 3 is 2.50 bits per heavy atom. The Kier molecular flexibility index (Phi) is 5.41. The SMILES string of the molecule is CCC1(C(=O)NCc2ccc(OCCCC(=O)O)cc2)CC1. The van der Waals surface area contributed by atoms with Crippen LogP contribution in [0.4, 0.5) is 0 Å². The van der Waals surface area contributed by atoms with Gasteiger partial charge in [-0.15, -0.1) is 0 Å². The molecule has 1 aliphatic rings. The first-order chi connectivity index (χ1) is 10.6. The molecule has 2 rings (SSSR count). The van der Waals surface area contributed by atoms with Gasteiger partial charge in [0.15, 0.2) is 0 Å². The van der Waals surface area contributed by atoms with E-state index in [9.17, 15) is 9.59 Å². The smallest absolute Gasteiger partial charge is 0.303 e. The third kappa shape index (κ3) is 4.48. The summed E-state index contributed by atoms with van der Waals surface area (Å²) >= 11 is 0. The van der Waals surface area contributed by atoms with Crippen LogP contribution in [0.2, 0.25) is 0 Å². The predicted molar refractivity (Wildman–Crippen MR) is 82.6 cm³/mol. The van der Waals surface area contributed by atoms with Gasteiger partial charge < -0.3 is 15.2 Å². The van der Waals surface area contributed by atoms with Crippen molar-refractivity contribution in [3.8, 4) is 5.75 Å². The number of hydrogen-bond acceptors (Lipinski definition) is 3. The molecule has 0 saturated heterocycles. The molecular formula is C17H23NO4. The Bertz CT molecular complexity index is 520. The molecule has 120 valence electrons. The molecule has 0 heterocycles. The molecule has 0 radical (unpaired) electrons. The van der Waals surface area contributed by atoms with Gasteiger partial charge in [0.2, 0.25) is 5.91 Å². The lowest BCUT2D eigenvalue weighted by Gasteiger charge is -2.13. The zero-order valence-electron chi connectivity index (χ0n) is 12.9. The molecule has 0 bridgehead atoms. The van der Waals surface area contributed by atoms with Crippen LogP contribution in [0.1, 0.15) is 44.6 Å². The number of carboxylic acid groups (broad SMARTS) is 1. The number of ether oxygens (including phenoxy) is 1. The third-order valence-electron chi connectivity index (χ3n) is 4.19. The molecule has 5 nitrogen and oxygen atoms in total. The summed E-state index contributed by atoms with van der Waals surface area (Å²) in [5.74, 6) is 0.0619. The van der Waals surface area contributed by atoms with E-state index < -0.39 is 5.97 Å². The number of carboxylic acids is 1. The van der Waals surface area contributed by atoms with Crippen LogP contribution in [-0.4, -0.2) is 23.6 Å². The molecule has 0 unspecified atom stereocenters. The van der Waals surface area contributed by atoms with Gasteiger partial charge in [-0.25, -0.2) is 0 Å². The van der Waals surface area contributed by atoms with Gasteiger partial charge in [-0.05, 0) is 43.4 Å². The van der Waals surface area contributed by atoms with Gasteiger partial charge >= 0.3 is 5.97 Å². The summed E-state index contributed by atoms with van der Waals surface area (Å²) in [6.45, 7) is 2.98. The van der Waals surface area contributed by atoms with E-state index in [-0.39, 0.29) is 17.7 Å². The highest BCUT2D eigenvalue weighted by atomic mass is 16.5. The molecule has 0 atom stereocenters. The molecular weight excluding hydrogens is 282 g/mol. The normalized spacial score (nSPS) is 15.1. The van der Waals surface area contributed by atoms with Crippen molar-refractivity contribution in [1.29, 1.82) is 0 Å². The number of nitrogens with one attached hydrogen (secondary N) is 1. The van der Waals surface area contributed by atoms with Crippen LogP contribution in [-0.2, 0) is 16.1 Å². The van der Waals surface area contributed by atoms with E-state index in [1.54, 1.807) is 0 Å². The van der Waals surface area contributed by atoms with E-state index in [2.05, 4.69) is 12.2 Å². The van der Waals surface area contributed by atoms with Crippen molar-refractivity contribution in [2.24, 2.45) is 5.41 Å². The van der Waals surface area contributed by atoms with Gasteiger partial charge in [-0.1, -0.05) is 19.1 Å². The molecule has 1 aliphatic carbocycles. The monoisotopic (exact) mass is 305 g/mol. The summed E-state index contributed by atoms with van der Waals surface area (Å²) in [5.41, 5.74) is 0.922. The lowest BCUT2D eigenvalue weighted by atomic mass is 10.0. The topological polar surface area (TPSA) is 75.6 Å². The summed E-state index contributed by atoms with van der Waals surface area (Å²) in [6.07, 6.45) is 3.51. The predicted octanol–water partition coefficient (Wildman–Crippen LogP) is 2.74. The first-order valence-corrected chi connectivity index (χ1v) is 7.77. The van der Waals surface area contributed by atoms with Crippen LogP contribution in [0.3, 0.4) is 0 Å². The Labute approximate surface area is 130 Å². The number of benzene rings is 1. The summed E-state index contributed by atoms with van der Waals surface area (Å²) in [6, 6.07) is 7.51. The number of amides is 1. The Hall–Kier alpha value is -2.04.